The Bertz CT molecular complexity index is 598. The summed E-state index contributed by atoms with van der Waals surface area (Å²) in [6.07, 6.45) is 1.81. The van der Waals surface area contributed by atoms with Crippen LogP contribution >= 0.6 is 11.3 Å². The van der Waals surface area contributed by atoms with Crippen LogP contribution in [-0.2, 0) is 14.3 Å². The molecule has 20 heavy (non-hydrogen) atoms. The molecule has 1 amide bonds. The maximum Gasteiger partial charge on any atom is 0.306 e. The third-order valence-corrected chi connectivity index (χ3v) is 3.22. The lowest BCUT2D eigenvalue weighted by atomic mass is 10.3. The number of methoxy groups -OCH3 is 1. The van der Waals surface area contributed by atoms with Gasteiger partial charge in [0.25, 0.3) is 0 Å². The summed E-state index contributed by atoms with van der Waals surface area (Å²) in [7, 11) is 1.29. The molecule has 0 spiro atoms. The molecule has 2 aromatic rings. The molecule has 2 rings (SSSR count). The van der Waals surface area contributed by atoms with Crippen molar-refractivity contribution in [2.45, 2.75) is 12.8 Å². The lowest BCUT2D eigenvalue weighted by Gasteiger charge is -2.00. The third-order valence-electron chi connectivity index (χ3n) is 2.46. The van der Waals surface area contributed by atoms with Crippen molar-refractivity contribution in [3.8, 4) is 11.4 Å². The summed E-state index contributed by atoms with van der Waals surface area (Å²) in [5.74, 6) is -0.675. The predicted molar refractivity (Wildman–Crippen MR) is 75.2 cm³/mol. The Morgan fingerprint density at radius 2 is 2.15 bits per heavy atom. The molecule has 104 valence electrons. The fourth-order valence-electron chi connectivity index (χ4n) is 1.46. The fraction of sp³-hybridized carbons (Fsp3) is 0.231. The zero-order valence-corrected chi connectivity index (χ0v) is 11.6. The van der Waals surface area contributed by atoms with Crippen molar-refractivity contribution in [1.82, 2.24) is 9.97 Å². The molecule has 0 saturated carbocycles. The second-order valence-electron chi connectivity index (χ2n) is 3.88. The Labute approximate surface area is 119 Å². The summed E-state index contributed by atoms with van der Waals surface area (Å²) in [6.45, 7) is 0. The van der Waals surface area contributed by atoms with Crippen LogP contribution in [0.4, 0.5) is 5.13 Å². The van der Waals surface area contributed by atoms with E-state index in [1.165, 1.54) is 18.4 Å². The molecule has 0 aliphatic heterocycles. The average molecular weight is 291 g/mol. The van der Waals surface area contributed by atoms with Crippen molar-refractivity contribution in [3.63, 3.8) is 0 Å². The van der Waals surface area contributed by atoms with Gasteiger partial charge >= 0.3 is 5.97 Å². The predicted octanol–water partition coefficient (Wildman–Crippen LogP) is 2.10. The summed E-state index contributed by atoms with van der Waals surface area (Å²) in [6, 6.07) is 5.54. The number of aromatic nitrogens is 2. The van der Waals surface area contributed by atoms with E-state index in [2.05, 4.69) is 20.0 Å². The Kier molecular flexibility index (Phi) is 4.78. The number of amides is 1. The van der Waals surface area contributed by atoms with Crippen LogP contribution in [0.25, 0.3) is 11.4 Å². The van der Waals surface area contributed by atoms with Crippen molar-refractivity contribution < 1.29 is 14.3 Å². The van der Waals surface area contributed by atoms with Crippen LogP contribution in [0, 0.1) is 0 Å². The van der Waals surface area contributed by atoms with Gasteiger partial charge in [-0.05, 0) is 12.1 Å². The SMILES string of the molecule is COC(=O)CCC(=O)Nc1nc(-c2ccccn2)cs1. The zero-order chi connectivity index (χ0) is 14.4. The van der Waals surface area contributed by atoms with Crippen molar-refractivity contribution in [3.05, 3.63) is 29.8 Å². The maximum atomic E-state index is 11.6. The van der Waals surface area contributed by atoms with E-state index in [9.17, 15) is 9.59 Å². The first-order chi connectivity index (χ1) is 9.69. The van der Waals surface area contributed by atoms with Crippen molar-refractivity contribution in [2.24, 2.45) is 0 Å². The molecule has 0 radical (unpaired) electrons. The van der Waals surface area contributed by atoms with E-state index in [1.54, 1.807) is 6.20 Å². The number of esters is 1. The molecule has 1 N–H and O–H groups in total. The maximum absolute atomic E-state index is 11.6. The summed E-state index contributed by atoms with van der Waals surface area (Å²) >= 11 is 1.31. The van der Waals surface area contributed by atoms with Gasteiger partial charge in [-0.2, -0.15) is 0 Å². The van der Waals surface area contributed by atoms with Gasteiger partial charge in [0.2, 0.25) is 5.91 Å². The molecule has 7 heteroatoms. The van der Waals surface area contributed by atoms with Crippen LogP contribution in [0.2, 0.25) is 0 Å². The Morgan fingerprint density at radius 3 is 2.85 bits per heavy atom. The molecule has 0 aromatic carbocycles. The number of thiazole rings is 1. The van der Waals surface area contributed by atoms with Gasteiger partial charge in [0, 0.05) is 18.0 Å². The number of carbonyl (C=O) groups excluding carboxylic acids is 2. The van der Waals surface area contributed by atoms with Crippen LogP contribution in [0.5, 0.6) is 0 Å². The lowest BCUT2D eigenvalue weighted by Crippen LogP contribution is -2.13. The number of ether oxygens (including phenoxy) is 1. The average Bonchev–Trinajstić information content (AvgIpc) is 2.94. The van der Waals surface area contributed by atoms with Gasteiger partial charge in [-0.1, -0.05) is 6.07 Å². The Hall–Kier alpha value is -2.28. The van der Waals surface area contributed by atoms with E-state index in [0.717, 1.165) is 5.69 Å². The topological polar surface area (TPSA) is 81.2 Å². The first kappa shape index (κ1) is 14.1. The Balaban J connectivity index is 1.93. The highest BCUT2D eigenvalue weighted by atomic mass is 32.1. The molecular formula is C13H13N3O3S. The molecule has 0 aliphatic carbocycles. The second kappa shape index (κ2) is 6.76. The molecule has 0 atom stereocenters. The van der Waals surface area contributed by atoms with E-state index in [1.807, 2.05) is 23.6 Å². The number of pyridine rings is 1. The molecule has 2 aromatic heterocycles. The number of nitrogens with zero attached hydrogens (tertiary/aromatic N) is 2. The number of hydrogen-bond acceptors (Lipinski definition) is 6. The summed E-state index contributed by atoms with van der Waals surface area (Å²) in [4.78, 5) is 31.0. The minimum atomic E-state index is -0.409. The Morgan fingerprint density at radius 1 is 1.30 bits per heavy atom. The molecule has 0 unspecified atom stereocenters. The summed E-state index contributed by atoms with van der Waals surface area (Å²) < 4.78 is 4.47. The molecule has 0 fully saturated rings. The van der Waals surface area contributed by atoms with Gasteiger partial charge in [0.05, 0.1) is 19.2 Å². The van der Waals surface area contributed by atoms with E-state index in [-0.39, 0.29) is 18.7 Å². The second-order valence-corrected chi connectivity index (χ2v) is 4.74. The van der Waals surface area contributed by atoms with Gasteiger partial charge in [0.15, 0.2) is 5.13 Å². The standard InChI is InChI=1S/C13H13N3O3S/c1-19-12(18)6-5-11(17)16-13-15-10(8-20-13)9-4-2-3-7-14-9/h2-4,7-8H,5-6H2,1H3,(H,15,16,17). The van der Waals surface area contributed by atoms with Gasteiger partial charge in [-0.25, -0.2) is 4.98 Å². The summed E-state index contributed by atoms with van der Waals surface area (Å²) in [5.41, 5.74) is 1.46. The largest absolute Gasteiger partial charge is 0.469 e. The minimum absolute atomic E-state index is 0.0564. The smallest absolute Gasteiger partial charge is 0.306 e. The number of anilines is 1. The molecule has 2 heterocycles. The quantitative estimate of drug-likeness (QED) is 0.853. The van der Waals surface area contributed by atoms with E-state index in [4.69, 9.17) is 0 Å². The first-order valence-electron chi connectivity index (χ1n) is 5.92. The van der Waals surface area contributed by atoms with Crippen LogP contribution in [0.1, 0.15) is 12.8 Å². The van der Waals surface area contributed by atoms with Crippen molar-refractivity contribution in [1.29, 1.82) is 0 Å². The van der Waals surface area contributed by atoms with Crippen LogP contribution < -0.4 is 5.32 Å². The summed E-state index contributed by atoms with van der Waals surface area (Å²) in [5, 5.41) is 4.95. The first-order valence-corrected chi connectivity index (χ1v) is 6.80. The highest BCUT2D eigenvalue weighted by Crippen LogP contribution is 2.23. The fourth-order valence-corrected chi connectivity index (χ4v) is 2.18. The van der Waals surface area contributed by atoms with Gasteiger partial charge in [-0.3, -0.25) is 14.6 Å². The molecule has 0 bridgehead atoms. The monoisotopic (exact) mass is 291 g/mol. The highest BCUT2D eigenvalue weighted by Gasteiger charge is 2.10. The van der Waals surface area contributed by atoms with E-state index in [0.29, 0.717) is 10.8 Å². The minimum Gasteiger partial charge on any atom is -0.469 e. The molecular weight excluding hydrogens is 278 g/mol. The third kappa shape index (κ3) is 3.86. The molecule has 0 saturated heterocycles. The van der Waals surface area contributed by atoms with Crippen molar-refractivity contribution in [2.75, 3.05) is 12.4 Å². The van der Waals surface area contributed by atoms with Crippen molar-refractivity contribution >= 4 is 28.3 Å². The van der Waals surface area contributed by atoms with E-state index < -0.39 is 5.97 Å². The highest BCUT2D eigenvalue weighted by molar-refractivity contribution is 7.14. The van der Waals surface area contributed by atoms with Gasteiger partial charge < -0.3 is 10.1 Å². The zero-order valence-electron chi connectivity index (χ0n) is 10.8. The number of nitrogens with one attached hydrogen (secondary N) is 1. The number of hydrogen-bond donors (Lipinski definition) is 1. The van der Waals surface area contributed by atoms with Gasteiger partial charge in [0.1, 0.15) is 5.69 Å². The molecule has 0 aliphatic rings. The number of rotatable bonds is 5. The molecule has 6 nitrogen and oxygen atoms in total. The van der Waals surface area contributed by atoms with Gasteiger partial charge in [-0.15, -0.1) is 11.3 Å². The number of carbonyl (C=O) groups is 2. The lowest BCUT2D eigenvalue weighted by molar-refractivity contribution is -0.141. The van der Waals surface area contributed by atoms with Crippen LogP contribution in [-0.4, -0.2) is 29.0 Å². The normalized spacial score (nSPS) is 10.1. The van der Waals surface area contributed by atoms with Crippen LogP contribution in [0.3, 0.4) is 0 Å². The van der Waals surface area contributed by atoms with Crippen LogP contribution in [0.15, 0.2) is 29.8 Å². The van der Waals surface area contributed by atoms with E-state index >= 15 is 0 Å².